The fourth-order valence-corrected chi connectivity index (χ4v) is 4.45. The molecule has 2 aliphatic rings. The molecule has 2 aromatic rings. The van der Waals surface area contributed by atoms with Gasteiger partial charge < -0.3 is 29.9 Å². The van der Waals surface area contributed by atoms with Crippen molar-refractivity contribution < 1.29 is 47.0 Å². The zero-order valence-electron chi connectivity index (χ0n) is 24.1. The summed E-state index contributed by atoms with van der Waals surface area (Å²) in [5, 5.41) is 43.7. The zero-order chi connectivity index (χ0) is 28.1. The largest absolute Gasteiger partial charge is 2.00 e. The van der Waals surface area contributed by atoms with Crippen LogP contribution in [-0.2, 0) is 50.5 Å². The summed E-state index contributed by atoms with van der Waals surface area (Å²) in [6.07, 6.45) is 0. The van der Waals surface area contributed by atoms with Gasteiger partial charge in [0.25, 0.3) is 0 Å². The second-order valence-corrected chi connectivity index (χ2v) is 12.2. The van der Waals surface area contributed by atoms with Gasteiger partial charge in [0.1, 0.15) is 11.5 Å². The van der Waals surface area contributed by atoms with E-state index in [0.717, 1.165) is 37.3 Å². The summed E-state index contributed by atoms with van der Waals surface area (Å²) in [5.74, 6) is -0.787. The van der Waals surface area contributed by atoms with Crippen LogP contribution in [0.15, 0.2) is 24.3 Å². The molecule has 0 amide bonds. The van der Waals surface area contributed by atoms with Crippen molar-refractivity contribution in [2.24, 2.45) is 0 Å². The van der Waals surface area contributed by atoms with E-state index in [1.54, 1.807) is 12.1 Å². The number of hydrogen-bond donors (Lipinski definition) is 2. The van der Waals surface area contributed by atoms with Crippen LogP contribution in [0.5, 0.6) is 23.0 Å². The molecule has 221 valence electrons. The van der Waals surface area contributed by atoms with Crippen molar-refractivity contribution >= 4 is 0 Å². The number of ether oxygens (including phenoxy) is 2. The fraction of sp³-hybridized carbons (Fsp3) is 0.600. The first-order valence-corrected chi connectivity index (χ1v) is 13.4. The molecule has 2 fully saturated rings. The Balaban J connectivity index is 0.000000267. The van der Waals surface area contributed by atoms with E-state index in [4.69, 9.17) is 9.47 Å². The summed E-state index contributed by atoms with van der Waals surface area (Å²) < 4.78 is 10.6. The molecule has 8 nitrogen and oxygen atoms in total. The Kier molecular flexibility index (Phi) is 12.0. The molecule has 2 heterocycles. The Morgan fingerprint density at radius 3 is 1.23 bits per heavy atom. The van der Waals surface area contributed by atoms with Gasteiger partial charge in [0.15, 0.2) is 0 Å². The number of morpholine rings is 2. The summed E-state index contributed by atoms with van der Waals surface area (Å²) in [4.78, 5) is 4.37. The molecular weight excluding hydrogens is 548 g/mol. The maximum absolute atomic E-state index is 12.0. The minimum absolute atomic E-state index is 0. The topological polar surface area (TPSA) is 112 Å². The molecule has 9 heteroatoms. The summed E-state index contributed by atoms with van der Waals surface area (Å²) in [7, 11) is 0. The summed E-state index contributed by atoms with van der Waals surface area (Å²) in [6, 6.07) is 7.03. The van der Waals surface area contributed by atoms with Crippen LogP contribution in [0.1, 0.15) is 63.8 Å². The maximum Gasteiger partial charge on any atom is 2.00 e. The van der Waals surface area contributed by atoms with Crippen molar-refractivity contribution in [1.82, 2.24) is 9.80 Å². The average Bonchev–Trinajstić information content (AvgIpc) is 2.85. The Morgan fingerprint density at radius 1 is 0.641 bits per heavy atom. The van der Waals surface area contributed by atoms with E-state index in [9.17, 15) is 20.4 Å². The number of phenols is 2. The number of hydrogen-bond acceptors (Lipinski definition) is 8. The molecule has 2 aliphatic heterocycles. The zero-order valence-corrected chi connectivity index (χ0v) is 25.0. The molecule has 0 aromatic heterocycles. The van der Waals surface area contributed by atoms with Gasteiger partial charge in [0, 0.05) is 39.3 Å². The maximum atomic E-state index is 12.0. The standard InChI is InChI=1S/2C15H23NO3.Cu/c2*1-15(2,3)12-8-11(14(18)13(17)9-12)10-16-4-6-19-7-5-16;/h2*8-9,17-18H,4-7,10H2,1-3H3;/q;;+2/p-2. The molecule has 0 aliphatic carbocycles. The molecule has 0 saturated carbocycles. The second-order valence-electron chi connectivity index (χ2n) is 12.2. The van der Waals surface area contributed by atoms with Gasteiger partial charge in [-0.3, -0.25) is 9.80 Å². The van der Waals surface area contributed by atoms with Crippen LogP contribution < -0.4 is 10.2 Å². The fourth-order valence-electron chi connectivity index (χ4n) is 4.45. The van der Waals surface area contributed by atoms with E-state index in [2.05, 4.69) is 51.3 Å². The number of phenolic OH excluding ortho intramolecular Hbond substituents is 2. The molecular formula is C30H44CuN2O6. The van der Waals surface area contributed by atoms with Gasteiger partial charge in [-0.2, -0.15) is 0 Å². The van der Waals surface area contributed by atoms with Gasteiger partial charge in [-0.25, -0.2) is 0 Å². The van der Waals surface area contributed by atoms with Crippen molar-refractivity contribution in [3.05, 3.63) is 46.5 Å². The van der Waals surface area contributed by atoms with Gasteiger partial charge in [0.05, 0.1) is 26.4 Å². The molecule has 0 bridgehead atoms. The molecule has 2 N–H and O–H groups in total. The normalized spacial score (nSPS) is 17.2. The van der Waals surface area contributed by atoms with Crippen LogP contribution in [0.4, 0.5) is 0 Å². The average molecular weight is 592 g/mol. The van der Waals surface area contributed by atoms with Crippen LogP contribution in [-0.4, -0.2) is 72.6 Å². The molecule has 0 unspecified atom stereocenters. The third-order valence-electron chi connectivity index (χ3n) is 7.02. The van der Waals surface area contributed by atoms with Crippen LogP contribution in [0, 0.1) is 0 Å². The van der Waals surface area contributed by atoms with Crippen molar-refractivity contribution in [3.63, 3.8) is 0 Å². The van der Waals surface area contributed by atoms with Gasteiger partial charge in [0.2, 0.25) is 0 Å². The van der Waals surface area contributed by atoms with E-state index in [1.165, 1.54) is 0 Å². The Labute approximate surface area is 244 Å². The summed E-state index contributed by atoms with van der Waals surface area (Å²) >= 11 is 0. The Bertz CT molecular complexity index is 983. The van der Waals surface area contributed by atoms with Crippen LogP contribution in [0.3, 0.4) is 0 Å². The molecule has 39 heavy (non-hydrogen) atoms. The predicted molar refractivity (Wildman–Crippen MR) is 145 cm³/mol. The molecule has 4 rings (SSSR count). The Morgan fingerprint density at radius 2 is 0.949 bits per heavy atom. The van der Waals surface area contributed by atoms with Crippen molar-refractivity contribution in [1.29, 1.82) is 0 Å². The quantitative estimate of drug-likeness (QED) is 0.522. The van der Waals surface area contributed by atoms with Crippen LogP contribution in [0.2, 0.25) is 0 Å². The third kappa shape index (κ3) is 9.55. The molecule has 0 spiro atoms. The summed E-state index contributed by atoms with van der Waals surface area (Å²) in [6.45, 7) is 19.8. The van der Waals surface area contributed by atoms with Gasteiger partial charge in [-0.05, 0) is 45.2 Å². The first-order chi connectivity index (χ1) is 17.8. The van der Waals surface area contributed by atoms with E-state index in [0.29, 0.717) is 50.6 Å². The van der Waals surface area contributed by atoms with E-state index < -0.39 is 0 Å². The van der Waals surface area contributed by atoms with Gasteiger partial charge in [-0.1, -0.05) is 65.2 Å². The molecule has 2 aromatic carbocycles. The van der Waals surface area contributed by atoms with E-state index in [-0.39, 0.29) is 50.9 Å². The number of rotatable bonds is 4. The van der Waals surface area contributed by atoms with Gasteiger partial charge in [-0.15, -0.1) is 0 Å². The minimum Gasteiger partial charge on any atom is -0.870 e. The smallest absolute Gasteiger partial charge is 0.870 e. The van der Waals surface area contributed by atoms with Crippen LogP contribution >= 0.6 is 0 Å². The first kappa shape index (κ1) is 33.2. The molecule has 0 atom stereocenters. The van der Waals surface area contributed by atoms with Crippen molar-refractivity contribution in [2.75, 3.05) is 52.6 Å². The van der Waals surface area contributed by atoms with Crippen molar-refractivity contribution in [2.45, 2.75) is 65.5 Å². The second kappa shape index (κ2) is 14.1. The minimum atomic E-state index is -0.250. The number of aromatic hydroxyl groups is 2. The molecule has 2 saturated heterocycles. The van der Waals surface area contributed by atoms with E-state index in [1.807, 2.05) is 12.1 Å². The first-order valence-electron chi connectivity index (χ1n) is 13.4. The SMILES string of the molecule is CC(C)(C)c1cc(O)c([O-])c(CN2CCOCC2)c1.CC(C)(C)c1cc(O)c([O-])c(CN2CCOCC2)c1.[Cu+2]. The molecule has 1 radical (unpaired) electrons. The van der Waals surface area contributed by atoms with Crippen LogP contribution in [0.25, 0.3) is 0 Å². The van der Waals surface area contributed by atoms with Crippen molar-refractivity contribution in [3.8, 4) is 23.0 Å². The Hall–Kier alpha value is -2.00. The predicted octanol–water partition coefficient (Wildman–Crippen LogP) is 3.19. The third-order valence-corrected chi connectivity index (χ3v) is 7.02. The number of nitrogens with zero attached hydrogens (tertiary/aromatic N) is 2. The van der Waals surface area contributed by atoms with E-state index >= 15 is 0 Å². The summed E-state index contributed by atoms with van der Waals surface area (Å²) in [5.41, 5.74) is 3.18. The number of benzene rings is 2. The van der Waals surface area contributed by atoms with Gasteiger partial charge >= 0.3 is 17.1 Å². The monoisotopic (exact) mass is 591 g/mol.